The van der Waals surface area contributed by atoms with Gasteiger partial charge in [0.1, 0.15) is 0 Å². The van der Waals surface area contributed by atoms with Crippen LogP contribution < -0.4 is 0 Å². The summed E-state index contributed by atoms with van der Waals surface area (Å²) in [5, 5.41) is 5.61. The molecule has 0 N–H and O–H groups in total. The van der Waals surface area contributed by atoms with Gasteiger partial charge in [-0.2, -0.15) is 0 Å². The van der Waals surface area contributed by atoms with Gasteiger partial charge in [0.15, 0.2) is 0 Å². The van der Waals surface area contributed by atoms with Crippen molar-refractivity contribution in [3.05, 3.63) is 82.9 Å². The van der Waals surface area contributed by atoms with E-state index >= 15 is 0 Å². The molecule has 1 unspecified atom stereocenters. The molecule has 7 heteroatoms. The Bertz CT molecular complexity index is 794. The molecule has 3 nitrogen and oxygen atoms in total. The van der Waals surface area contributed by atoms with Crippen molar-refractivity contribution in [1.29, 1.82) is 0 Å². The summed E-state index contributed by atoms with van der Waals surface area (Å²) in [6, 6.07) is 11.4. The van der Waals surface area contributed by atoms with E-state index in [-0.39, 0.29) is 19.8 Å². The van der Waals surface area contributed by atoms with Crippen LogP contribution in [-0.2, 0) is 11.9 Å². The summed E-state index contributed by atoms with van der Waals surface area (Å²) in [5.41, 5.74) is 1.66. The van der Waals surface area contributed by atoms with Crippen LogP contribution in [0, 0.1) is 11.6 Å². The Balaban J connectivity index is 1.80. The fourth-order valence-electron chi connectivity index (χ4n) is 2.28. The maximum absolute atomic E-state index is 14.2. The molecule has 24 heavy (non-hydrogen) atoms. The van der Waals surface area contributed by atoms with Crippen molar-refractivity contribution in [1.82, 2.24) is 14.8 Å². The van der Waals surface area contributed by atoms with Gasteiger partial charge in [-0.1, -0.05) is 0 Å². The Labute approximate surface area is 149 Å². The van der Waals surface area contributed by atoms with Gasteiger partial charge in [0.05, 0.1) is 0 Å². The van der Waals surface area contributed by atoms with Crippen molar-refractivity contribution in [3.8, 4) is 0 Å². The summed E-state index contributed by atoms with van der Waals surface area (Å²) in [4.78, 5) is 3.85. The summed E-state index contributed by atoms with van der Waals surface area (Å²) >= 11 is 5.96. The zero-order valence-corrected chi connectivity index (χ0v) is 15.0. The number of hydrogen-bond acceptors (Lipinski definition) is 2. The molecule has 3 aromatic rings. The topological polar surface area (TPSA) is 30.7 Å². The molecule has 1 atom stereocenters. The second-order valence-corrected chi connectivity index (χ2v) is 8.14. The van der Waals surface area contributed by atoms with Crippen LogP contribution in [0.2, 0.25) is 5.02 Å². The molecule has 0 radical (unpaired) electrons. The molecule has 0 fully saturated rings. The molecule has 0 aliphatic heterocycles. The third kappa shape index (κ3) is 4.41. The minimum atomic E-state index is -0.569. The zero-order valence-electron chi connectivity index (χ0n) is 12.6. The quantitative estimate of drug-likeness (QED) is 0.576. The van der Waals surface area contributed by atoms with Crippen molar-refractivity contribution in [2.75, 3.05) is 0 Å². The van der Waals surface area contributed by atoms with Gasteiger partial charge in [-0.25, -0.2) is 0 Å². The first-order chi connectivity index (χ1) is 11.6. The molecule has 0 bridgehead atoms. The fourth-order valence-corrected chi connectivity index (χ4v) is 4.95. The summed E-state index contributed by atoms with van der Waals surface area (Å²) in [6.07, 6.45) is 3.05. The first kappa shape index (κ1) is 17.1. The molecular formula is C17H14ClF2N3Se. The van der Waals surface area contributed by atoms with Gasteiger partial charge in [-0.05, 0) is 0 Å². The first-order valence-electron chi connectivity index (χ1n) is 7.25. The van der Waals surface area contributed by atoms with E-state index < -0.39 is 11.6 Å². The predicted octanol–water partition coefficient (Wildman–Crippen LogP) is 3.86. The van der Waals surface area contributed by atoms with E-state index in [1.807, 2.05) is 24.3 Å². The Morgan fingerprint density at radius 2 is 1.92 bits per heavy atom. The van der Waals surface area contributed by atoms with E-state index in [1.54, 1.807) is 11.0 Å². The van der Waals surface area contributed by atoms with Crippen LogP contribution in [0.4, 0.5) is 8.78 Å². The fraction of sp³-hybridized carbons (Fsp3) is 0.176. The number of aromatic nitrogens is 3. The Kier molecular flexibility index (Phi) is 5.61. The summed E-state index contributed by atoms with van der Waals surface area (Å²) in [5.74, 6) is -1.08. The normalized spacial score (nSPS) is 12.3. The maximum atomic E-state index is 14.2. The number of nitrogens with zero attached hydrogens (tertiary/aromatic N) is 3. The third-order valence-corrected chi connectivity index (χ3v) is 6.48. The summed E-state index contributed by atoms with van der Waals surface area (Å²) in [7, 11) is 0. The minimum absolute atomic E-state index is 0.0540. The average molecular weight is 413 g/mol. The van der Waals surface area contributed by atoms with Crippen molar-refractivity contribution in [2.45, 2.75) is 16.7 Å². The number of benzene rings is 2. The van der Waals surface area contributed by atoms with Crippen molar-refractivity contribution >= 4 is 26.6 Å². The van der Waals surface area contributed by atoms with E-state index in [4.69, 9.17) is 11.6 Å². The molecule has 0 spiro atoms. The van der Waals surface area contributed by atoms with Crippen LogP contribution in [-0.4, -0.2) is 29.7 Å². The standard InChI is InChI=1S/C17H14ClF2N3Se/c18-13-3-1-12(2-4-13)9-24-17(8-23-11-21-10-22-23)15-6-5-14(19)7-16(15)20/h1-7,10-11,17H,8-9H2. The average Bonchev–Trinajstić information content (AvgIpc) is 3.06. The van der Waals surface area contributed by atoms with E-state index in [9.17, 15) is 8.78 Å². The van der Waals surface area contributed by atoms with Gasteiger partial charge in [0.2, 0.25) is 0 Å². The summed E-state index contributed by atoms with van der Waals surface area (Å²) in [6.45, 7) is 0.510. The van der Waals surface area contributed by atoms with Crippen LogP contribution in [0.5, 0.6) is 0 Å². The Morgan fingerprint density at radius 1 is 1.12 bits per heavy atom. The molecule has 2 aromatic carbocycles. The Hall–Kier alpha value is -1.75. The van der Waals surface area contributed by atoms with Crippen LogP contribution in [0.25, 0.3) is 0 Å². The second kappa shape index (κ2) is 7.88. The van der Waals surface area contributed by atoms with Gasteiger partial charge in [-0.15, -0.1) is 0 Å². The van der Waals surface area contributed by atoms with Crippen LogP contribution in [0.1, 0.15) is 15.9 Å². The molecule has 0 saturated carbocycles. The second-order valence-electron chi connectivity index (χ2n) is 5.21. The SMILES string of the molecule is Fc1ccc(C(Cn2cncn2)[Se]Cc2ccc(Cl)cc2)c(F)c1. The van der Waals surface area contributed by atoms with Crippen LogP contribution in [0.15, 0.2) is 55.1 Å². The molecule has 0 aliphatic rings. The van der Waals surface area contributed by atoms with Crippen molar-refractivity contribution in [2.24, 2.45) is 0 Å². The molecule has 0 saturated heterocycles. The van der Waals surface area contributed by atoms with E-state index in [0.29, 0.717) is 17.1 Å². The van der Waals surface area contributed by atoms with E-state index in [2.05, 4.69) is 10.1 Å². The third-order valence-electron chi connectivity index (χ3n) is 3.49. The van der Waals surface area contributed by atoms with Gasteiger partial charge in [-0.3, -0.25) is 0 Å². The van der Waals surface area contributed by atoms with E-state index in [1.165, 1.54) is 18.5 Å². The van der Waals surface area contributed by atoms with Crippen molar-refractivity contribution in [3.63, 3.8) is 0 Å². The first-order valence-corrected chi connectivity index (χ1v) is 9.83. The van der Waals surface area contributed by atoms with Gasteiger partial charge in [0, 0.05) is 0 Å². The van der Waals surface area contributed by atoms with Crippen molar-refractivity contribution < 1.29 is 8.78 Å². The van der Waals surface area contributed by atoms with E-state index in [0.717, 1.165) is 16.9 Å². The number of hydrogen-bond donors (Lipinski definition) is 0. The zero-order chi connectivity index (χ0) is 16.9. The van der Waals surface area contributed by atoms with Gasteiger partial charge in [0.25, 0.3) is 0 Å². The molecular weight excluding hydrogens is 399 g/mol. The summed E-state index contributed by atoms with van der Waals surface area (Å²) < 4.78 is 29.1. The molecule has 0 aliphatic carbocycles. The van der Waals surface area contributed by atoms with Crippen LogP contribution in [0.3, 0.4) is 0 Å². The molecule has 3 rings (SSSR count). The molecule has 1 heterocycles. The number of rotatable bonds is 6. The Morgan fingerprint density at radius 3 is 2.58 bits per heavy atom. The number of halogens is 3. The van der Waals surface area contributed by atoms with Crippen LogP contribution >= 0.6 is 11.6 Å². The monoisotopic (exact) mass is 413 g/mol. The van der Waals surface area contributed by atoms with Gasteiger partial charge >= 0.3 is 150 Å². The molecule has 1 aromatic heterocycles. The molecule has 124 valence electrons. The predicted molar refractivity (Wildman–Crippen MR) is 90.0 cm³/mol. The molecule has 0 amide bonds. The van der Waals surface area contributed by atoms with Gasteiger partial charge < -0.3 is 0 Å².